The maximum absolute atomic E-state index is 13.9. The molecule has 0 radical (unpaired) electrons. The first kappa shape index (κ1) is 15.4. The van der Waals surface area contributed by atoms with Gasteiger partial charge in [-0.2, -0.15) is 0 Å². The van der Waals surface area contributed by atoms with Gasteiger partial charge in [0.15, 0.2) is 0 Å². The molecule has 1 unspecified atom stereocenters. The molecule has 0 heterocycles. The van der Waals surface area contributed by atoms with Crippen LogP contribution in [-0.2, 0) is 0 Å². The zero-order valence-corrected chi connectivity index (χ0v) is 13.4. The molecular formula is C14H9Br2F3O. The van der Waals surface area contributed by atoms with Crippen molar-refractivity contribution in [1.82, 2.24) is 0 Å². The van der Waals surface area contributed by atoms with E-state index in [1.54, 1.807) is 6.07 Å². The highest BCUT2D eigenvalue weighted by molar-refractivity contribution is 9.10. The van der Waals surface area contributed by atoms with Gasteiger partial charge in [0.25, 0.3) is 0 Å². The molecule has 0 aromatic heterocycles. The number of benzene rings is 2. The van der Waals surface area contributed by atoms with Crippen molar-refractivity contribution in [2.45, 2.75) is 4.83 Å². The third-order valence-electron chi connectivity index (χ3n) is 2.79. The Hall–Kier alpha value is -1.01. The molecule has 0 bridgehead atoms. The van der Waals surface area contributed by atoms with Crippen LogP contribution in [0.5, 0.6) is 5.75 Å². The SMILES string of the molecule is COc1ccc(C(Br)c2cc(F)c(Br)cc2F)c(F)c1. The van der Waals surface area contributed by atoms with Gasteiger partial charge in [0, 0.05) is 17.2 Å². The summed E-state index contributed by atoms with van der Waals surface area (Å²) < 4.78 is 46.2. The molecule has 0 saturated carbocycles. The second-order valence-corrected chi connectivity index (χ2v) is 5.81. The lowest BCUT2D eigenvalue weighted by Crippen LogP contribution is -2.01. The Labute approximate surface area is 131 Å². The Bertz CT molecular complexity index is 647. The fraction of sp³-hybridized carbons (Fsp3) is 0.143. The quantitative estimate of drug-likeness (QED) is 0.489. The van der Waals surface area contributed by atoms with Crippen LogP contribution < -0.4 is 4.74 Å². The van der Waals surface area contributed by atoms with E-state index >= 15 is 0 Å². The molecule has 1 nitrogen and oxygen atoms in total. The van der Waals surface area contributed by atoms with Crippen LogP contribution in [0.15, 0.2) is 34.8 Å². The normalized spacial score (nSPS) is 12.3. The third kappa shape index (κ3) is 3.01. The highest BCUT2D eigenvalue weighted by atomic mass is 79.9. The topological polar surface area (TPSA) is 9.23 Å². The molecule has 0 amide bonds. The van der Waals surface area contributed by atoms with Gasteiger partial charge >= 0.3 is 0 Å². The molecular weight excluding hydrogens is 401 g/mol. The fourth-order valence-electron chi connectivity index (χ4n) is 1.74. The van der Waals surface area contributed by atoms with Gasteiger partial charge in [-0.3, -0.25) is 0 Å². The van der Waals surface area contributed by atoms with Crippen LogP contribution >= 0.6 is 31.9 Å². The van der Waals surface area contributed by atoms with Crippen molar-refractivity contribution in [3.63, 3.8) is 0 Å². The van der Waals surface area contributed by atoms with Crippen molar-refractivity contribution in [3.8, 4) is 5.75 Å². The molecule has 0 saturated heterocycles. The van der Waals surface area contributed by atoms with Gasteiger partial charge < -0.3 is 4.74 Å². The molecule has 0 aliphatic carbocycles. The summed E-state index contributed by atoms with van der Waals surface area (Å²) in [6.07, 6.45) is 0. The van der Waals surface area contributed by atoms with Crippen molar-refractivity contribution in [1.29, 1.82) is 0 Å². The van der Waals surface area contributed by atoms with Gasteiger partial charge in [0.2, 0.25) is 0 Å². The lowest BCUT2D eigenvalue weighted by atomic mass is 10.0. The largest absolute Gasteiger partial charge is 0.497 e. The van der Waals surface area contributed by atoms with E-state index in [9.17, 15) is 13.2 Å². The molecule has 2 rings (SSSR count). The van der Waals surface area contributed by atoms with E-state index in [0.717, 1.165) is 12.1 Å². The number of hydrogen-bond acceptors (Lipinski definition) is 1. The molecule has 2 aromatic rings. The number of rotatable bonds is 3. The highest BCUT2D eigenvalue weighted by Gasteiger charge is 2.20. The maximum Gasteiger partial charge on any atom is 0.137 e. The first-order valence-electron chi connectivity index (χ1n) is 5.56. The summed E-state index contributed by atoms with van der Waals surface area (Å²) in [5.41, 5.74) is 0.223. The van der Waals surface area contributed by atoms with Gasteiger partial charge in [0.05, 0.1) is 16.4 Å². The van der Waals surface area contributed by atoms with E-state index < -0.39 is 22.3 Å². The summed E-state index contributed by atoms with van der Waals surface area (Å²) in [5.74, 6) is -1.45. The van der Waals surface area contributed by atoms with Crippen molar-refractivity contribution in [3.05, 3.63) is 63.4 Å². The lowest BCUT2D eigenvalue weighted by Gasteiger charge is -2.14. The van der Waals surface area contributed by atoms with Crippen molar-refractivity contribution in [2.24, 2.45) is 0 Å². The number of alkyl halides is 1. The first-order valence-corrected chi connectivity index (χ1v) is 7.27. The van der Waals surface area contributed by atoms with E-state index in [0.29, 0.717) is 5.75 Å². The summed E-state index contributed by atoms with van der Waals surface area (Å²) in [4.78, 5) is -0.795. The molecule has 6 heteroatoms. The summed E-state index contributed by atoms with van der Waals surface area (Å²) in [6.45, 7) is 0. The van der Waals surface area contributed by atoms with Gasteiger partial charge in [0.1, 0.15) is 23.2 Å². The Balaban J connectivity index is 2.46. The molecule has 2 aromatic carbocycles. The predicted octanol–water partition coefficient (Wildman–Crippen LogP) is 5.36. The Morgan fingerprint density at radius 1 is 0.950 bits per heavy atom. The minimum absolute atomic E-state index is 0.0219. The Morgan fingerprint density at radius 2 is 1.60 bits per heavy atom. The predicted molar refractivity (Wildman–Crippen MR) is 77.8 cm³/mol. The third-order valence-corrected chi connectivity index (χ3v) is 4.39. The number of methoxy groups -OCH3 is 1. The van der Waals surface area contributed by atoms with E-state index in [2.05, 4.69) is 31.9 Å². The van der Waals surface area contributed by atoms with E-state index in [4.69, 9.17) is 4.74 Å². The van der Waals surface area contributed by atoms with Gasteiger partial charge in [-0.25, -0.2) is 13.2 Å². The van der Waals surface area contributed by atoms with Crippen LogP contribution in [0.2, 0.25) is 0 Å². The number of halogens is 5. The molecule has 0 N–H and O–H groups in total. The standard InChI is InChI=1S/C14H9Br2F3O/c1-20-7-2-3-8(11(17)4-7)14(16)9-5-13(19)10(15)6-12(9)18/h2-6,14H,1H3. The van der Waals surface area contributed by atoms with Crippen LogP contribution in [0.3, 0.4) is 0 Å². The van der Waals surface area contributed by atoms with Crippen LogP contribution in [0, 0.1) is 17.5 Å². The van der Waals surface area contributed by atoms with Crippen molar-refractivity contribution < 1.29 is 17.9 Å². The molecule has 0 spiro atoms. The number of hydrogen-bond donors (Lipinski definition) is 0. The minimum Gasteiger partial charge on any atom is -0.497 e. The molecule has 20 heavy (non-hydrogen) atoms. The second-order valence-electron chi connectivity index (χ2n) is 4.04. The van der Waals surface area contributed by atoms with Crippen LogP contribution in [0.4, 0.5) is 13.2 Å². The second kappa shape index (κ2) is 6.18. The average Bonchev–Trinajstić information content (AvgIpc) is 2.42. The Morgan fingerprint density at radius 3 is 2.20 bits per heavy atom. The fourth-order valence-corrected chi connectivity index (χ4v) is 2.78. The van der Waals surface area contributed by atoms with Gasteiger partial charge in [-0.1, -0.05) is 22.0 Å². The summed E-state index contributed by atoms with van der Waals surface area (Å²) in [5, 5.41) is 0. The van der Waals surface area contributed by atoms with Crippen LogP contribution in [0.25, 0.3) is 0 Å². The highest BCUT2D eigenvalue weighted by Crippen LogP contribution is 2.36. The zero-order chi connectivity index (χ0) is 14.9. The van der Waals surface area contributed by atoms with Gasteiger partial charge in [-0.05, 0) is 34.1 Å². The van der Waals surface area contributed by atoms with E-state index in [1.165, 1.54) is 19.2 Å². The minimum atomic E-state index is -0.795. The summed E-state index contributed by atoms with van der Waals surface area (Å²) in [6, 6.07) is 6.26. The van der Waals surface area contributed by atoms with Crippen molar-refractivity contribution >= 4 is 31.9 Å². The smallest absolute Gasteiger partial charge is 0.137 e. The number of ether oxygens (including phenoxy) is 1. The monoisotopic (exact) mass is 408 g/mol. The van der Waals surface area contributed by atoms with Crippen LogP contribution in [0.1, 0.15) is 16.0 Å². The van der Waals surface area contributed by atoms with Crippen molar-refractivity contribution in [2.75, 3.05) is 7.11 Å². The lowest BCUT2D eigenvalue weighted by molar-refractivity contribution is 0.411. The van der Waals surface area contributed by atoms with Crippen LogP contribution in [-0.4, -0.2) is 7.11 Å². The zero-order valence-electron chi connectivity index (χ0n) is 10.3. The summed E-state index contributed by atoms with van der Waals surface area (Å²) in [7, 11) is 1.42. The molecule has 0 aliphatic rings. The summed E-state index contributed by atoms with van der Waals surface area (Å²) >= 11 is 6.10. The van der Waals surface area contributed by atoms with E-state index in [-0.39, 0.29) is 15.6 Å². The Kier molecular flexibility index (Phi) is 4.75. The molecule has 0 fully saturated rings. The maximum atomic E-state index is 13.9. The molecule has 106 valence electrons. The van der Waals surface area contributed by atoms with E-state index in [1.807, 2.05) is 0 Å². The molecule has 1 atom stereocenters. The first-order chi connectivity index (χ1) is 9.43. The molecule has 0 aliphatic heterocycles. The average molecular weight is 410 g/mol. The van der Waals surface area contributed by atoms with Gasteiger partial charge in [-0.15, -0.1) is 0 Å².